The summed E-state index contributed by atoms with van der Waals surface area (Å²) in [6.45, 7) is 0. The molecule has 2 aliphatic carbocycles. The summed E-state index contributed by atoms with van der Waals surface area (Å²) in [6.07, 6.45) is 5.13. The van der Waals surface area contributed by atoms with Crippen molar-refractivity contribution in [2.45, 2.75) is 0 Å². The Balaban J connectivity index is 0.000000134. The fourth-order valence-electron chi connectivity index (χ4n) is 1.42. The summed E-state index contributed by atoms with van der Waals surface area (Å²) < 4.78 is 0. The average molecular weight is 208 g/mol. The van der Waals surface area contributed by atoms with Gasteiger partial charge in [0.2, 0.25) is 0 Å². The molecular formula is C14H12N2. The van der Waals surface area contributed by atoms with Gasteiger partial charge in [-0.1, -0.05) is 30.2 Å². The SMILES string of the molecule is C#Cc1cc(N)cc(N)c1.c1cc2ccc1-2. The van der Waals surface area contributed by atoms with Gasteiger partial charge in [-0.3, -0.25) is 0 Å². The van der Waals surface area contributed by atoms with E-state index in [0.717, 1.165) is 5.56 Å². The van der Waals surface area contributed by atoms with Gasteiger partial charge in [-0.2, -0.15) is 0 Å². The van der Waals surface area contributed by atoms with E-state index in [4.69, 9.17) is 17.9 Å². The van der Waals surface area contributed by atoms with Crippen LogP contribution in [-0.4, -0.2) is 0 Å². The Bertz CT molecular complexity index is 507. The first-order chi connectivity index (χ1) is 7.69. The summed E-state index contributed by atoms with van der Waals surface area (Å²) in [5.41, 5.74) is 15.7. The van der Waals surface area contributed by atoms with Crippen molar-refractivity contribution in [1.82, 2.24) is 0 Å². The number of benzene rings is 2. The largest absolute Gasteiger partial charge is 0.399 e. The number of rotatable bonds is 0. The van der Waals surface area contributed by atoms with E-state index in [1.54, 1.807) is 18.2 Å². The lowest BCUT2D eigenvalue weighted by Gasteiger charge is -2.10. The molecule has 2 nitrogen and oxygen atoms in total. The van der Waals surface area contributed by atoms with E-state index in [1.165, 1.54) is 11.1 Å². The average Bonchev–Trinajstić information content (AvgIpc) is 2.23. The summed E-state index contributed by atoms with van der Waals surface area (Å²) in [5, 5.41) is 0. The number of hydrogen-bond acceptors (Lipinski definition) is 2. The van der Waals surface area contributed by atoms with Crippen LogP contribution in [0.5, 0.6) is 0 Å². The molecule has 2 heteroatoms. The second-order valence-electron chi connectivity index (χ2n) is 3.61. The second kappa shape index (κ2) is 4.00. The van der Waals surface area contributed by atoms with Crippen LogP contribution >= 0.6 is 0 Å². The van der Waals surface area contributed by atoms with Crippen LogP contribution in [0, 0.1) is 12.3 Å². The zero-order chi connectivity index (χ0) is 11.5. The standard InChI is InChI=1S/C8H8N2.C6H4/c1-2-6-3-7(9)5-8(10)4-6;1-2-6-4-3-5(1)6/h1,3-5H,9-10H2;1-4H. The minimum absolute atomic E-state index is 0.605. The normalized spacial score (nSPS) is 9.69. The van der Waals surface area contributed by atoms with Crippen LogP contribution in [0.4, 0.5) is 11.4 Å². The Morgan fingerprint density at radius 3 is 1.50 bits per heavy atom. The Morgan fingerprint density at radius 2 is 1.25 bits per heavy atom. The lowest BCUT2D eigenvalue weighted by atomic mass is 9.95. The van der Waals surface area contributed by atoms with Crippen LogP contribution in [0.15, 0.2) is 42.5 Å². The predicted octanol–water partition coefficient (Wildman–Crippen LogP) is 2.50. The smallest absolute Gasteiger partial charge is 0.0347 e. The highest BCUT2D eigenvalue weighted by molar-refractivity contribution is 5.75. The van der Waals surface area contributed by atoms with Gasteiger partial charge in [0, 0.05) is 16.9 Å². The van der Waals surface area contributed by atoms with E-state index < -0.39 is 0 Å². The molecule has 1 aromatic carbocycles. The molecule has 16 heavy (non-hydrogen) atoms. The van der Waals surface area contributed by atoms with Crippen LogP contribution < -0.4 is 11.5 Å². The maximum absolute atomic E-state index is 5.46. The van der Waals surface area contributed by atoms with Gasteiger partial charge in [-0.25, -0.2) is 0 Å². The molecular weight excluding hydrogens is 196 g/mol. The molecule has 0 fully saturated rings. The minimum atomic E-state index is 0.605. The van der Waals surface area contributed by atoms with Crippen molar-refractivity contribution < 1.29 is 0 Å². The Hall–Kier alpha value is -2.40. The molecule has 0 spiro atoms. The van der Waals surface area contributed by atoms with E-state index in [1.807, 2.05) is 0 Å². The van der Waals surface area contributed by atoms with Crippen molar-refractivity contribution in [1.29, 1.82) is 0 Å². The molecule has 0 saturated heterocycles. The summed E-state index contributed by atoms with van der Waals surface area (Å²) in [4.78, 5) is 0. The number of nitrogen functional groups attached to an aromatic ring is 2. The van der Waals surface area contributed by atoms with Gasteiger partial charge < -0.3 is 11.5 Å². The van der Waals surface area contributed by atoms with Crippen LogP contribution in [0.3, 0.4) is 0 Å². The number of fused-ring (bicyclic) bond motifs is 1. The van der Waals surface area contributed by atoms with E-state index >= 15 is 0 Å². The first-order valence-corrected chi connectivity index (χ1v) is 4.92. The summed E-state index contributed by atoms with van der Waals surface area (Å²) in [7, 11) is 0. The van der Waals surface area contributed by atoms with Gasteiger partial charge in [0.25, 0.3) is 0 Å². The molecule has 0 amide bonds. The molecule has 0 unspecified atom stereocenters. The third kappa shape index (κ3) is 1.99. The predicted molar refractivity (Wildman–Crippen MR) is 68.6 cm³/mol. The summed E-state index contributed by atoms with van der Waals surface area (Å²) >= 11 is 0. The van der Waals surface area contributed by atoms with Gasteiger partial charge in [-0.05, 0) is 29.3 Å². The Labute approximate surface area is 94.9 Å². The van der Waals surface area contributed by atoms with E-state index in [0.29, 0.717) is 11.4 Å². The van der Waals surface area contributed by atoms with E-state index in [-0.39, 0.29) is 0 Å². The van der Waals surface area contributed by atoms with Crippen molar-refractivity contribution in [3.05, 3.63) is 48.0 Å². The molecule has 0 aromatic heterocycles. The highest BCUT2D eigenvalue weighted by Gasteiger charge is 2.03. The van der Waals surface area contributed by atoms with Gasteiger partial charge in [0.1, 0.15) is 0 Å². The zero-order valence-corrected chi connectivity index (χ0v) is 8.77. The van der Waals surface area contributed by atoms with Crippen LogP contribution in [0.1, 0.15) is 5.56 Å². The molecule has 4 N–H and O–H groups in total. The minimum Gasteiger partial charge on any atom is -0.399 e. The zero-order valence-electron chi connectivity index (χ0n) is 8.77. The first kappa shape index (κ1) is 10.1. The lowest BCUT2D eigenvalue weighted by molar-refractivity contribution is 1.55. The van der Waals surface area contributed by atoms with Gasteiger partial charge in [0.15, 0.2) is 0 Å². The van der Waals surface area contributed by atoms with Crippen LogP contribution in [0.25, 0.3) is 11.1 Å². The van der Waals surface area contributed by atoms with Crippen molar-refractivity contribution >= 4 is 11.4 Å². The molecule has 0 radical (unpaired) electrons. The molecule has 1 aromatic rings. The molecule has 0 aliphatic heterocycles. The second-order valence-corrected chi connectivity index (χ2v) is 3.61. The molecule has 0 bridgehead atoms. The van der Waals surface area contributed by atoms with Crippen molar-refractivity contribution in [2.75, 3.05) is 11.5 Å². The molecule has 0 saturated carbocycles. The maximum Gasteiger partial charge on any atom is 0.0347 e. The maximum atomic E-state index is 5.46. The number of nitrogens with two attached hydrogens (primary N) is 2. The quantitative estimate of drug-likeness (QED) is 0.440. The van der Waals surface area contributed by atoms with E-state index in [9.17, 15) is 0 Å². The monoisotopic (exact) mass is 208 g/mol. The molecule has 2 aliphatic rings. The summed E-state index contributed by atoms with van der Waals surface area (Å²) in [6, 6.07) is 13.6. The third-order valence-corrected chi connectivity index (χ3v) is 2.36. The number of terminal acetylenes is 1. The molecule has 0 heterocycles. The number of anilines is 2. The lowest BCUT2D eigenvalue weighted by Crippen LogP contribution is -1.90. The molecule has 0 atom stereocenters. The fourth-order valence-corrected chi connectivity index (χ4v) is 1.42. The van der Waals surface area contributed by atoms with Crippen molar-refractivity contribution in [2.24, 2.45) is 0 Å². The van der Waals surface area contributed by atoms with Crippen molar-refractivity contribution in [3.8, 4) is 23.5 Å². The molecule has 3 rings (SSSR count). The van der Waals surface area contributed by atoms with Crippen molar-refractivity contribution in [3.63, 3.8) is 0 Å². The highest BCUT2D eigenvalue weighted by Crippen LogP contribution is 2.29. The fraction of sp³-hybridized carbons (Fsp3) is 0. The highest BCUT2D eigenvalue weighted by atomic mass is 14.6. The third-order valence-electron chi connectivity index (χ3n) is 2.36. The summed E-state index contributed by atoms with van der Waals surface area (Å²) in [5.74, 6) is 2.45. The Morgan fingerprint density at radius 1 is 0.812 bits per heavy atom. The van der Waals surface area contributed by atoms with Gasteiger partial charge in [-0.15, -0.1) is 6.42 Å². The van der Waals surface area contributed by atoms with Gasteiger partial charge in [0.05, 0.1) is 0 Å². The number of hydrogen-bond donors (Lipinski definition) is 2. The van der Waals surface area contributed by atoms with E-state index in [2.05, 4.69) is 30.2 Å². The van der Waals surface area contributed by atoms with Crippen LogP contribution in [0.2, 0.25) is 0 Å². The van der Waals surface area contributed by atoms with Crippen LogP contribution in [-0.2, 0) is 0 Å². The van der Waals surface area contributed by atoms with Gasteiger partial charge >= 0.3 is 0 Å². The Kier molecular flexibility index (Phi) is 2.53. The first-order valence-electron chi connectivity index (χ1n) is 4.92. The molecule has 78 valence electrons. The topological polar surface area (TPSA) is 52.0 Å².